The monoisotopic (exact) mass is 1650 g/mol. The van der Waals surface area contributed by atoms with Crippen LogP contribution in [0.5, 0.6) is 0 Å². The Morgan fingerprint density at radius 2 is 0.748 bits per heavy atom. The van der Waals surface area contributed by atoms with E-state index in [1.165, 1.54) is 53.1 Å². The normalized spacial score (nSPS) is 10.7. The summed E-state index contributed by atoms with van der Waals surface area (Å²) in [4.78, 5) is 81.8. The van der Waals surface area contributed by atoms with Crippen molar-refractivity contribution in [3.63, 3.8) is 0 Å². The fraction of sp³-hybridized carbons (Fsp3) is 0.178. The number of aromatic nitrogens is 3. The molecule has 0 amide bonds. The molecule has 107 heavy (non-hydrogen) atoms. The molecule has 3 aromatic heterocycles. The van der Waals surface area contributed by atoms with E-state index in [0.717, 1.165) is 36.4 Å². The smallest absolute Gasteiger partial charge is 0.870 e. The van der Waals surface area contributed by atoms with E-state index in [0.29, 0.717) is 85.4 Å². The standard InChI is InChI=1S/C25H21Cl2F2N3O3.C23H17Cl2F2N3O3.C19H17BrCl2N2O3.C6H5F2N.Li.2H2O/c1-4-35-21(33)12-32-20-11-19(30-22-17(28)6-5-7-18(22)29)16(27)10-14(20)25(34)13-8-9-15(26)24(23(13)32)31(2)3;1-29(2)22-13(24)7-6-11-21(22)30(10-19(31)32)18-9-17(14(25)8-12(18)23(11)33)28-20-15(26)4-3-5-16(20)27;1-4-27-16(25)9-24-15-8-12(20)14(22)7-11(15)19(26)10-5-6-13(21)18(17(10)24)23(2)3;7-4-2-1-3-5(8)6(4)9;;;/h5-11,30H,4,12H2,1-3H3;3-9,28H,10H2,1-2H3,(H,31,32);5-8H,4,9H2,1-3H3;1-3H,9H2;;2*1H2/q;;;;+1;;/p-1. The van der Waals surface area contributed by atoms with Gasteiger partial charge in [0, 0.05) is 79.1 Å². The SMILES string of the molecule is CCOC(=O)Cn1c2cc(Br)c(Cl)cc2c(=O)c2ccc(Cl)c(N(C)C)c21.CCOC(=O)Cn1c2cc(Nc3c(F)cccc3F)c(Cl)cc2c(=O)c2ccc(Cl)c(N(C)C)c21.CN(C)c1c(Cl)ccc2c(=O)c3cc(Cl)c(Nc4c(F)cccc4F)cc3n(CC(=O)O)c12.Nc1c(F)cccc1F.O.[Li+].[OH-]. The molecule has 3 heterocycles. The van der Waals surface area contributed by atoms with Gasteiger partial charge in [0.25, 0.3) is 0 Å². The molecule has 0 spiro atoms. The number of nitrogen functional groups attached to an aromatic ring is 1. The quantitative estimate of drug-likeness (QED) is 0.0244. The zero-order valence-electron chi connectivity index (χ0n) is 58.0. The molecule has 0 atom stereocenters. The number of anilines is 8. The number of carbonyl (C=O) groups excluding carboxylic acids is 2. The third kappa shape index (κ3) is 18.4. The number of carboxylic acid groups (broad SMARTS) is 1. The second-order valence-electron chi connectivity index (χ2n) is 23.4. The first kappa shape index (κ1) is 86.8. The number of hydrogen-bond acceptors (Lipinski definition) is 15. The van der Waals surface area contributed by atoms with E-state index in [1.54, 1.807) is 103 Å². The van der Waals surface area contributed by atoms with Gasteiger partial charge >= 0.3 is 36.8 Å². The van der Waals surface area contributed by atoms with E-state index in [2.05, 4.69) is 26.6 Å². The van der Waals surface area contributed by atoms with Crippen LogP contribution < -0.4 is 66.2 Å². The number of carbonyl (C=O) groups is 3. The molecule has 8 N–H and O–H groups in total. The van der Waals surface area contributed by atoms with E-state index in [-0.39, 0.29) is 115 Å². The van der Waals surface area contributed by atoms with Gasteiger partial charge in [-0.3, -0.25) is 28.8 Å². The summed E-state index contributed by atoms with van der Waals surface area (Å²) in [6.45, 7) is 3.08. The van der Waals surface area contributed by atoms with Crippen LogP contribution in [-0.2, 0) is 43.5 Å². The van der Waals surface area contributed by atoms with Gasteiger partial charge in [0.2, 0.25) is 0 Å². The van der Waals surface area contributed by atoms with Crippen molar-refractivity contribution in [3.8, 4) is 0 Å². The van der Waals surface area contributed by atoms with Crippen molar-refractivity contribution in [1.82, 2.24) is 13.7 Å². The van der Waals surface area contributed by atoms with Gasteiger partial charge in [-0.1, -0.05) is 87.8 Å². The Hall–Kier alpha value is -9.08. The number of hydrogen-bond donors (Lipinski definition) is 4. The molecule has 0 unspecified atom stereocenters. The van der Waals surface area contributed by atoms with Gasteiger partial charge in [0.15, 0.2) is 16.3 Å². The van der Waals surface area contributed by atoms with E-state index in [1.807, 2.05) is 19.0 Å². The summed E-state index contributed by atoms with van der Waals surface area (Å²) in [5.41, 5.74) is 7.08. The Kier molecular flexibility index (Phi) is 29.8. The van der Waals surface area contributed by atoms with Gasteiger partial charge < -0.3 is 70.3 Å². The summed E-state index contributed by atoms with van der Waals surface area (Å²) in [6, 6.07) is 28.9. The van der Waals surface area contributed by atoms with Crippen LogP contribution in [-0.4, -0.2) is 103 Å². The largest absolute Gasteiger partial charge is 1.00 e. The molecule has 0 bridgehead atoms. The maximum atomic E-state index is 14.3. The minimum atomic E-state index is -1.16. The number of rotatable bonds is 15. The maximum absolute atomic E-state index is 14.3. The molecule has 34 heteroatoms. The molecule has 0 fully saturated rings. The van der Waals surface area contributed by atoms with Crippen molar-refractivity contribution < 1.29 is 85.1 Å². The third-order valence-corrected chi connectivity index (χ3v) is 18.7. The molecule has 20 nitrogen and oxygen atoms in total. The molecule has 12 rings (SSSR count). The van der Waals surface area contributed by atoms with Gasteiger partial charge in [-0.05, 0) is 139 Å². The number of para-hydroxylation sites is 3. The molecule has 0 aliphatic heterocycles. The van der Waals surface area contributed by atoms with Crippen LogP contribution in [0.2, 0.25) is 30.1 Å². The molecule has 0 saturated carbocycles. The zero-order chi connectivity index (χ0) is 76.2. The summed E-state index contributed by atoms with van der Waals surface area (Å²) in [5.74, 6) is -6.83. The van der Waals surface area contributed by atoms with E-state index < -0.39 is 76.4 Å². The molecular formula is C73H63BrCl6F6LiN9O11. The Labute approximate surface area is 656 Å². The zero-order valence-corrected chi connectivity index (χ0v) is 64.1. The Morgan fingerprint density at radius 3 is 1.04 bits per heavy atom. The summed E-state index contributed by atoms with van der Waals surface area (Å²) in [6.07, 6.45) is 0. The molecule has 9 aromatic carbocycles. The van der Waals surface area contributed by atoms with Gasteiger partial charge in [0.05, 0.1) is 105 Å². The average Bonchev–Trinajstić information content (AvgIpc) is 0.745. The second-order valence-corrected chi connectivity index (χ2v) is 26.7. The van der Waals surface area contributed by atoms with Gasteiger partial charge in [0.1, 0.15) is 71.6 Å². The van der Waals surface area contributed by atoms with Gasteiger partial charge in [-0.15, -0.1) is 0 Å². The van der Waals surface area contributed by atoms with Crippen LogP contribution in [0.25, 0.3) is 65.4 Å². The predicted octanol–water partition coefficient (Wildman–Crippen LogP) is 14.1. The molecule has 12 aromatic rings. The second kappa shape index (κ2) is 36.7. The minimum absolute atomic E-state index is 0. The van der Waals surface area contributed by atoms with Crippen molar-refractivity contribution in [2.45, 2.75) is 33.5 Å². The number of aliphatic carboxylic acids is 1. The van der Waals surface area contributed by atoms with Crippen LogP contribution in [0.4, 0.5) is 71.8 Å². The molecular weight excluding hydrogens is 1590 g/mol. The number of fused-ring (bicyclic) bond motifs is 6. The number of nitrogens with one attached hydrogen (secondary N) is 2. The van der Waals surface area contributed by atoms with Crippen LogP contribution >= 0.6 is 85.5 Å². The molecule has 0 aliphatic rings. The van der Waals surface area contributed by atoms with E-state index >= 15 is 0 Å². The fourth-order valence-electron chi connectivity index (χ4n) is 11.5. The first-order valence-corrected chi connectivity index (χ1v) is 34.0. The molecule has 0 radical (unpaired) electrons. The van der Waals surface area contributed by atoms with E-state index in [9.17, 15) is 60.2 Å². The topological polar surface area (TPSA) is 277 Å². The van der Waals surface area contributed by atoms with Crippen molar-refractivity contribution in [2.75, 3.05) is 86.6 Å². The van der Waals surface area contributed by atoms with Gasteiger partial charge in [-0.2, -0.15) is 0 Å². The molecule has 0 saturated heterocycles. The summed E-state index contributed by atoms with van der Waals surface area (Å²) < 4.78 is 97.1. The maximum Gasteiger partial charge on any atom is 1.00 e. The molecule has 0 aliphatic carbocycles. The van der Waals surface area contributed by atoms with E-state index in [4.69, 9.17) is 84.8 Å². The van der Waals surface area contributed by atoms with Crippen LogP contribution in [0.15, 0.2) is 146 Å². The van der Waals surface area contributed by atoms with Crippen LogP contribution in [0.1, 0.15) is 13.8 Å². The van der Waals surface area contributed by atoms with Crippen molar-refractivity contribution in [1.29, 1.82) is 0 Å². The van der Waals surface area contributed by atoms with Crippen molar-refractivity contribution in [2.24, 2.45) is 0 Å². The number of carboxylic acids is 1. The number of nitrogens with zero attached hydrogens (tertiary/aromatic N) is 6. The Morgan fingerprint density at radius 1 is 0.458 bits per heavy atom. The summed E-state index contributed by atoms with van der Waals surface area (Å²) in [7, 11) is 10.6. The average molecular weight is 1660 g/mol. The number of ether oxygens (including phenoxy) is 2. The number of benzene rings is 9. The predicted molar refractivity (Wildman–Crippen MR) is 414 cm³/mol. The Bertz CT molecular complexity index is 5610. The number of nitrogens with two attached hydrogens (primary N) is 1. The minimum Gasteiger partial charge on any atom is -0.870 e. The summed E-state index contributed by atoms with van der Waals surface area (Å²) >= 11 is 41.7. The Balaban J connectivity index is 0.000000235. The summed E-state index contributed by atoms with van der Waals surface area (Å²) in [5, 5.41) is 18.4. The first-order chi connectivity index (χ1) is 49.2. The fourth-order valence-corrected chi connectivity index (χ4v) is 13.4. The van der Waals surface area contributed by atoms with Gasteiger partial charge in [-0.25, -0.2) is 26.3 Å². The third-order valence-electron chi connectivity index (χ3n) is 15.9. The number of esters is 2. The van der Waals surface area contributed by atoms with Crippen molar-refractivity contribution >= 4 is 214 Å². The molecule has 558 valence electrons. The van der Waals surface area contributed by atoms with Crippen molar-refractivity contribution in [3.05, 3.63) is 228 Å². The number of pyridine rings is 3. The number of halogens is 13. The first-order valence-electron chi connectivity index (χ1n) is 31.0. The van der Waals surface area contributed by atoms with Crippen LogP contribution in [0, 0.1) is 34.9 Å². The van der Waals surface area contributed by atoms with Crippen LogP contribution in [0.3, 0.4) is 0 Å².